The maximum absolute atomic E-state index is 13.0. The number of hydrogen-bond donors (Lipinski definition) is 0. The number of ether oxygens (including phenoxy) is 1. The van der Waals surface area contributed by atoms with Crippen molar-refractivity contribution in [2.45, 2.75) is 18.2 Å². The minimum Gasteiger partial charge on any atom is -0.484 e. The molecular weight excluding hydrogens is 421 g/mol. The number of furan rings is 1. The second kappa shape index (κ2) is 8.73. The van der Waals surface area contributed by atoms with Crippen molar-refractivity contribution >= 4 is 41.2 Å². The van der Waals surface area contributed by atoms with Crippen LogP contribution in [0, 0.1) is 0 Å². The molecule has 3 rings (SSSR count). The van der Waals surface area contributed by atoms with Gasteiger partial charge in [-0.1, -0.05) is 35.0 Å². The highest BCUT2D eigenvalue weighted by Crippen LogP contribution is 2.28. The monoisotopic (exact) mass is 432 g/mol. The summed E-state index contributed by atoms with van der Waals surface area (Å²) in [5, 5.41) is 12.2. The summed E-state index contributed by atoms with van der Waals surface area (Å²) in [6.07, 6.45) is 0.193. The van der Waals surface area contributed by atoms with Gasteiger partial charge in [-0.15, -0.1) is 10.2 Å². The highest BCUT2D eigenvalue weighted by molar-refractivity contribution is 7.98. The van der Waals surface area contributed by atoms with Crippen LogP contribution < -0.4 is 4.74 Å². The molecule has 1 aromatic carbocycles. The molecule has 2 aromatic heterocycles. The Hall–Kier alpha value is -2.10. The largest absolute Gasteiger partial charge is 0.484 e. The lowest BCUT2D eigenvalue weighted by atomic mass is 10.3. The summed E-state index contributed by atoms with van der Waals surface area (Å²) in [6.45, 7) is 0.110. The van der Waals surface area contributed by atoms with E-state index in [0.717, 1.165) is 16.4 Å². The first-order valence-electron chi connectivity index (χ1n) is 7.46. The van der Waals surface area contributed by atoms with Gasteiger partial charge >= 0.3 is 0 Å². The number of benzene rings is 1. The summed E-state index contributed by atoms with van der Waals surface area (Å²) in [5.74, 6) is 0.731. The van der Waals surface area contributed by atoms with Crippen LogP contribution in [0.2, 0.25) is 10.0 Å². The number of halogens is 4. The summed E-state index contributed by atoms with van der Waals surface area (Å²) in [4.78, 5) is 0. The third kappa shape index (κ3) is 4.79. The van der Waals surface area contributed by atoms with Crippen LogP contribution in [0.25, 0.3) is 0 Å². The third-order valence-electron chi connectivity index (χ3n) is 3.26. The minimum absolute atomic E-state index is 0.110. The zero-order chi connectivity index (χ0) is 19.4. The molecule has 0 spiro atoms. The van der Waals surface area contributed by atoms with E-state index in [1.165, 1.54) is 6.21 Å². The molecule has 0 N–H and O–H groups in total. The molecule has 11 heteroatoms. The topological polar surface area (TPSA) is 65.4 Å². The zero-order valence-electron chi connectivity index (χ0n) is 13.8. The Labute approximate surface area is 167 Å². The van der Waals surface area contributed by atoms with E-state index in [1.807, 2.05) is 0 Å². The van der Waals surface area contributed by atoms with Gasteiger partial charge in [0.15, 0.2) is 0 Å². The SMILES string of the molecule is CSc1nnc(C(F)F)n1/N=C\c1ccc(COc2cc(Cl)ccc2Cl)o1. The predicted molar refractivity (Wildman–Crippen MR) is 99.3 cm³/mol. The number of nitrogens with zero attached hydrogens (tertiary/aromatic N) is 4. The number of rotatable bonds is 7. The highest BCUT2D eigenvalue weighted by atomic mass is 35.5. The first-order chi connectivity index (χ1) is 13.0. The Morgan fingerprint density at radius 1 is 1.30 bits per heavy atom. The molecule has 0 aliphatic heterocycles. The van der Waals surface area contributed by atoms with Crippen molar-refractivity contribution in [1.29, 1.82) is 0 Å². The van der Waals surface area contributed by atoms with Gasteiger partial charge in [-0.25, -0.2) is 8.78 Å². The molecule has 27 heavy (non-hydrogen) atoms. The van der Waals surface area contributed by atoms with E-state index in [2.05, 4.69) is 15.3 Å². The fourth-order valence-electron chi connectivity index (χ4n) is 2.04. The summed E-state index contributed by atoms with van der Waals surface area (Å²) < 4.78 is 38.0. The number of alkyl halides is 2. The Balaban J connectivity index is 1.70. The van der Waals surface area contributed by atoms with Crippen molar-refractivity contribution in [3.05, 3.63) is 57.7 Å². The molecule has 0 unspecified atom stereocenters. The van der Waals surface area contributed by atoms with Crippen LogP contribution in [-0.4, -0.2) is 27.3 Å². The van der Waals surface area contributed by atoms with Crippen molar-refractivity contribution in [1.82, 2.24) is 14.9 Å². The fraction of sp³-hybridized carbons (Fsp3) is 0.188. The Kier molecular flexibility index (Phi) is 6.35. The zero-order valence-corrected chi connectivity index (χ0v) is 16.1. The first-order valence-corrected chi connectivity index (χ1v) is 9.44. The van der Waals surface area contributed by atoms with Crippen LogP contribution in [0.3, 0.4) is 0 Å². The third-order valence-corrected chi connectivity index (χ3v) is 4.43. The van der Waals surface area contributed by atoms with Crippen molar-refractivity contribution in [2.75, 3.05) is 6.26 Å². The fourth-order valence-corrected chi connectivity index (χ4v) is 2.81. The Bertz CT molecular complexity index is 962. The number of hydrogen-bond acceptors (Lipinski definition) is 6. The van der Waals surface area contributed by atoms with Crippen molar-refractivity contribution in [2.24, 2.45) is 5.10 Å². The average molecular weight is 433 g/mol. The standard InChI is InChI=1S/C16H12Cl2F2N4O2S/c1-27-16-23-22-15(14(19)20)24(16)21-7-10-3-4-11(26-10)8-25-13-6-9(17)2-5-12(13)18/h2-7,14H,8H2,1H3/b21-7-. The van der Waals surface area contributed by atoms with E-state index in [4.69, 9.17) is 32.4 Å². The molecule has 0 bridgehead atoms. The molecule has 0 aliphatic rings. The molecule has 0 amide bonds. The minimum atomic E-state index is -2.79. The van der Waals surface area contributed by atoms with Crippen molar-refractivity contribution < 1.29 is 17.9 Å². The molecule has 6 nitrogen and oxygen atoms in total. The van der Waals surface area contributed by atoms with Gasteiger partial charge in [0.05, 0.1) is 11.2 Å². The van der Waals surface area contributed by atoms with Gasteiger partial charge in [-0.3, -0.25) is 0 Å². The normalized spacial score (nSPS) is 11.6. The number of thioether (sulfide) groups is 1. The van der Waals surface area contributed by atoms with Crippen LogP contribution in [-0.2, 0) is 6.61 Å². The summed E-state index contributed by atoms with van der Waals surface area (Å²) in [7, 11) is 0. The van der Waals surface area contributed by atoms with Crippen LogP contribution in [0.1, 0.15) is 23.8 Å². The lowest BCUT2D eigenvalue weighted by Crippen LogP contribution is -2.00. The van der Waals surface area contributed by atoms with E-state index in [9.17, 15) is 8.78 Å². The molecule has 0 aliphatic carbocycles. The van der Waals surface area contributed by atoms with Crippen LogP contribution in [0.4, 0.5) is 8.78 Å². The average Bonchev–Trinajstić information content (AvgIpc) is 3.26. The molecule has 0 saturated carbocycles. The Morgan fingerprint density at radius 3 is 2.85 bits per heavy atom. The van der Waals surface area contributed by atoms with Crippen molar-refractivity contribution in [3.63, 3.8) is 0 Å². The lowest BCUT2D eigenvalue weighted by molar-refractivity contribution is 0.135. The predicted octanol–water partition coefficient (Wildman–Crippen LogP) is 5.30. The summed E-state index contributed by atoms with van der Waals surface area (Å²) in [5.41, 5.74) is 0. The summed E-state index contributed by atoms with van der Waals surface area (Å²) in [6, 6.07) is 8.18. The van der Waals surface area contributed by atoms with Gasteiger partial charge in [0, 0.05) is 11.1 Å². The van der Waals surface area contributed by atoms with E-state index in [1.54, 1.807) is 36.6 Å². The van der Waals surface area contributed by atoms with Gasteiger partial charge < -0.3 is 9.15 Å². The second-order valence-electron chi connectivity index (χ2n) is 5.07. The van der Waals surface area contributed by atoms with E-state index >= 15 is 0 Å². The molecule has 0 radical (unpaired) electrons. The first kappa shape index (κ1) is 19.7. The molecule has 0 atom stereocenters. The van der Waals surface area contributed by atoms with Gasteiger partial charge in [0.2, 0.25) is 11.0 Å². The Morgan fingerprint density at radius 2 is 2.11 bits per heavy atom. The molecule has 3 aromatic rings. The van der Waals surface area contributed by atoms with Crippen LogP contribution in [0.15, 0.2) is 45.0 Å². The van der Waals surface area contributed by atoms with Crippen LogP contribution >= 0.6 is 35.0 Å². The van der Waals surface area contributed by atoms with Gasteiger partial charge in [-0.2, -0.15) is 9.78 Å². The lowest BCUT2D eigenvalue weighted by Gasteiger charge is -2.06. The van der Waals surface area contributed by atoms with Gasteiger partial charge in [0.25, 0.3) is 6.43 Å². The smallest absolute Gasteiger partial charge is 0.299 e. The molecule has 142 valence electrons. The van der Waals surface area contributed by atoms with E-state index in [0.29, 0.717) is 27.3 Å². The summed E-state index contributed by atoms with van der Waals surface area (Å²) >= 11 is 13.1. The van der Waals surface area contributed by atoms with Crippen LogP contribution in [0.5, 0.6) is 5.75 Å². The van der Waals surface area contributed by atoms with Gasteiger partial charge in [0.1, 0.15) is 23.9 Å². The maximum Gasteiger partial charge on any atom is 0.299 e. The number of aromatic nitrogens is 3. The molecular formula is C16H12Cl2F2N4O2S. The van der Waals surface area contributed by atoms with E-state index < -0.39 is 12.2 Å². The van der Waals surface area contributed by atoms with Gasteiger partial charge in [-0.05, 0) is 30.5 Å². The molecule has 2 heterocycles. The van der Waals surface area contributed by atoms with Crippen molar-refractivity contribution in [3.8, 4) is 5.75 Å². The maximum atomic E-state index is 13.0. The second-order valence-corrected chi connectivity index (χ2v) is 6.69. The van der Waals surface area contributed by atoms with E-state index in [-0.39, 0.29) is 11.8 Å². The molecule has 0 fully saturated rings. The highest BCUT2D eigenvalue weighted by Gasteiger charge is 2.19. The molecule has 0 saturated heterocycles. The quantitative estimate of drug-likeness (QED) is 0.374.